The Bertz CT molecular complexity index is 389. The monoisotopic (exact) mass is 221 g/mol. The number of aromatic nitrogens is 2. The number of rotatable bonds is 2. The van der Waals surface area contributed by atoms with Crippen molar-refractivity contribution in [2.75, 3.05) is 13.1 Å². The van der Waals surface area contributed by atoms with Gasteiger partial charge in [-0.1, -0.05) is 0 Å². The van der Waals surface area contributed by atoms with Crippen LogP contribution in [0.5, 0.6) is 0 Å². The average Bonchev–Trinajstić information content (AvgIpc) is 2.90. The molecule has 2 atom stereocenters. The zero-order chi connectivity index (χ0) is 11.2. The van der Waals surface area contributed by atoms with Crippen molar-refractivity contribution in [1.29, 1.82) is 0 Å². The standard InChI is InChI=1S/C12H19N3O/c1-14-8-5-13-11(14)9-12(16)4-7-15-6-2-3-10(12)15/h5,8,10,16H,2-4,6-7,9H2,1H3. The number of hydrogen-bond donors (Lipinski definition) is 1. The summed E-state index contributed by atoms with van der Waals surface area (Å²) in [4.78, 5) is 6.76. The van der Waals surface area contributed by atoms with Crippen LogP contribution in [0.15, 0.2) is 12.4 Å². The van der Waals surface area contributed by atoms with E-state index in [0.717, 1.165) is 31.8 Å². The fourth-order valence-electron chi connectivity index (χ4n) is 3.25. The van der Waals surface area contributed by atoms with Gasteiger partial charge in [0, 0.05) is 38.4 Å². The average molecular weight is 221 g/mol. The second kappa shape index (κ2) is 3.57. The van der Waals surface area contributed by atoms with Gasteiger partial charge in [-0.3, -0.25) is 4.90 Å². The minimum absolute atomic E-state index is 0.365. The van der Waals surface area contributed by atoms with E-state index in [1.807, 2.05) is 17.8 Å². The largest absolute Gasteiger partial charge is 0.388 e. The van der Waals surface area contributed by atoms with Gasteiger partial charge >= 0.3 is 0 Å². The maximum Gasteiger partial charge on any atom is 0.111 e. The van der Waals surface area contributed by atoms with E-state index in [9.17, 15) is 5.11 Å². The highest BCUT2D eigenvalue weighted by Gasteiger charge is 2.48. The van der Waals surface area contributed by atoms with Crippen LogP contribution in [0.4, 0.5) is 0 Å². The van der Waals surface area contributed by atoms with Crippen LogP contribution >= 0.6 is 0 Å². The number of nitrogens with zero attached hydrogens (tertiary/aromatic N) is 3. The summed E-state index contributed by atoms with van der Waals surface area (Å²) in [6, 6.07) is 0.365. The molecule has 0 bridgehead atoms. The molecular formula is C12H19N3O. The molecule has 1 aromatic rings. The second-order valence-electron chi connectivity index (χ2n) is 5.18. The predicted molar refractivity (Wildman–Crippen MR) is 61.1 cm³/mol. The van der Waals surface area contributed by atoms with Crippen molar-refractivity contribution >= 4 is 0 Å². The first-order valence-corrected chi connectivity index (χ1v) is 6.12. The van der Waals surface area contributed by atoms with Crippen molar-refractivity contribution in [2.24, 2.45) is 7.05 Å². The maximum atomic E-state index is 10.8. The summed E-state index contributed by atoms with van der Waals surface area (Å²) in [7, 11) is 1.99. The summed E-state index contributed by atoms with van der Waals surface area (Å²) in [6.07, 6.45) is 7.71. The summed E-state index contributed by atoms with van der Waals surface area (Å²) >= 11 is 0. The Morgan fingerprint density at radius 1 is 1.56 bits per heavy atom. The molecule has 0 spiro atoms. The zero-order valence-corrected chi connectivity index (χ0v) is 9.76. The SMILES string of the molecule is Cn1ccnc1CC1(O)CCN2CCCC21. The molecule has 2 unspecified atom stereocenters. The highest BCUT2D eigenvalue weighted by Crippen LogP contribution is 2.37. The minimum Gasteiger partial charge on any atom is -0.388 e. The molecule has 0 aromatic carbocycles. The summed E-state index contributed by atoms with van der Waals surface area (Å²) in [5.74, 6) is 0.997. The van der Waals surface area contributed by atoms with Crippen LogP contribution < -0.4 is 0 Å². The second-order valence-corrected chi connectivity index (χ2v) is 5.18. The Morgan fingerprint density at radius 2 is 2.44 bits per heavy atom. The quantitative estimate of drug-likeness (QED) is 0.793. The molecular weight excluding hydrogens is 202 g/mol. The molecule has 16 heavy (non-hydrogen) atoms. The molecule has 3 heterocycles. The van der Waals surface area contributed by atoms with E-state index in [2.05, 4.69) is 9.88 Å². The van der Waals surface area contributed by atoms with Crippen molar-refractivity contribution in [2.45, 2.75) is 37.3 Å². The number of hydrogen-bond acceptors (Lipinski definition) is 3. The number of fused-ring (bicyclic) bond motifs is 1. The minimum atomic E-state index is -0.546. The first kappa shape index (κ1) is 10.3. The summed E-state index contributed by atoms with van der Waals surface area (Å²) in [5, 5.41) is 10.8. The molecule has 3 rings (SSSR count). The van der Waals surface area contributed by atoms with Gasteiger partial charge in [-0.15, -0.1) is 0 Å². The molecule has 2 aliphatic heterocycles. The van der Waals surface area contributed by atoms with Gasteiger partial charge < -0.3 is 9.67 Å². The van der Waals surface area contributed by atoms with Crippen LogP contribution in [0.25, 0.3) is 0 Å². The molecule has 2 fully saturated rings. The van der Waals surface area contributed by atoms with Crippen LogP contribution in [0.3, 0.4) is 0 Å². The first-order chi connectivity index (χ1) is 7.69. The third-order valence-electron chi connectivity index (χ3n) is 4.20. The lowest BCUT2D eigenvalue weighted by Crippen LogP contribution is -2.43. The van der Waals surface area contributed by atoms with E-state index in [1.54, 1.807) is 6.20 Å². The Balaban J connectivity index is 1.81. The van der Waals surface area contributed by atoms with Crippen LogP contribution in [0.1, 0.15) is 25.1 Å². The molecule has 0 saturated carbocycles. The van der Waals surface area contributed by atoms with Crippen LogP contribution in [0, 0.1) is 0 Å². The van der Waals surface area contributed by atoms with Crippen molar-refractivity contribution in [3.05, 3.63) is 18.2 Å². The lowest BCUT2D eigenvalue weighted by atomic mass is 9.89. The van der Waals surface area contributed by atoms with Crippen LogP contribution in [0.2, 0.25) is 0 Å². The highest BCUT2D eigenvalue weighted by atomic mass is 16.3. The number of aryl methyl sites for hydroxylation is 1. The Kier molecular flexibility index (Phi) is 2.30. The summed E-state index contributed by atoms with van der Waals surface area (Å²) < 4.78 is 2.01. The summed E-state index contributed by atoms with van der Waals surface area (Å²) in [5.41, 5.74) is -0.546. The van der Waals surface area contributed by atoms with Crippen molar-refractivity contribution in [3.8, 4) is 0 Å². The fraction of sp³-hybridized carbons (Fsp3) is 0.750. The third kappa shape index (κ3) is 1.48. The molecule has 4 heteroatoms. The van der Waals surface area contributed by atoms with Gasteiger partial charge in [0.2, 0.25) is 0 Å². The van der Waals surface area contributed by atoms with E-state index in [-0.39, 0.29) is 0 Å². The molecule has 0 radical (unpaired) electrons. The van der Waals surface area contributed by atoms with Crippen LogP contribution in [-0.2, 0) is 13.5 Å². The van der Waals surface area contributed by atoms with Gasteiger partial charge in [-0.25, -0.2) is 4.98 Å². The Hall–Kier alpha value is -0.870. The molecule has 2 saturated heterocycles. The van der Waals surface area contributed by atoms with Gasteiger partial charge in [0.25, 0.3) is 0 Å². The lowest BCUT2D eigenvalue weighted by molar-refractivity contribution is 0.0118. The van der Waals surface area contributed by atoms with Gasteiger partial charge in [0.05, 0.1) is 5.60 Å². The molecule has 0 aliphatic carbocycles. The van der Waals surface area contributed by atoms with Gasteiger partial charge in [-0.05, 0) is 25.8 Å². The topological polar surface area (TPSA) is 41.3 Å². The van der Waals surface area contributed by atoms with Crippen molar-refractivity contribution in [3.63, 3.8) is 0 Å². The fourth-order valence-corrected chi connectivity index (χ4v) is 3.25. The van der Waals surface area contributed by atoms with Gasteiger partial charge in [0.15, 0.2) is 0 Å². The molecule has 1 N–H and O–H groups in total. The number of aliphatic hydroxyl groups is 1. The lowest BCUT2D eigenvalue weighted by Gasteiger charge is -2.29. The third-order valence-corrected chi connectivity index (χ3v) is 4.20. The maximum absolute atomic E-state index is 10.8. The Labute approximate surface area is 95.9 Å². The summed E-state index contributed by atoms with van der Waals surface area (Å²) in [6.45, 7) is 2.21. The normalized spacial score (nSPS) is 34.5. The van der Waals surface area contributed by atoms with E-state index >= 15 is 0 Å². The first-order valence-electron chi connectivity index (χ1n) is 6.12. The van der Waals surface area contributed by atoms with E-state index in [1.165, 1.54) is 6.42 Å². The van der Waals surface area contributed by atoms with Gasteiger partial charge in [-0.2, -0.15) is 0 Å². The molecule has 4 nitrogen and oxygen atoms in total. The van der Waals surface area contributed by atoms with Gasteiger partial charge in [0.1, 0.15) is 5.82 Å². The van der Waals surface area contributed by atoms with E-state index in [0.29, 0.717) is 12.5 Å². The Morgan fingerprint density at radius 3 is 3.19 bits per heavy atom. The smallest absolute Gasteiger partial charge is 0.111 e. The predicted octanol–water partition coefficient (Wildman–Crippen LogP) is 0.562. The molecule has 1 aromatic heterocycles. The zero-order valence-electron chi connectivity index (χ0n) is 9.76. The molecule has 0 amide bonds. The van der Waals surface area contributed by atoms with Crippen LogP contribution in [-0.4, -0.2) is 44.3 Å². The van der Waals surface area contributed by atoms with Crippen molar-refractivity contribution < 1.29 is 5.11 Å². The molecule has 2 aliphatic rings. The van der Waals surface area contributed by atoms with E-state index in [4.69, 9.17) is 0 Å². The van der Waals surface area contributed by atoms with E-state index < -0.39 is 5.60 Å². The number of imidazole rings is 1. The van der Waals surface area contributed by atoms with Crippen molar-refractivity contribution in [1.82, 2.24) is 14.5 Å². The molecule has 88 valence electrons. The highest BCUT2D eigenvalue weighted by molar-refractivity contribution is 5.08.